The largest absolute Gasteiger partial charge is 0.416 e. The summed E-state index contributed by atoms with van der Waals surface area (Å²) in [6, 6.07) is 14.4. The summed E-state index contributed by atoms with van der Waals surface area (Å²) in [6.07, 6.45) is -2.50. The van der Waals surface area contributed by atoms with Gasteiger partial charge in [-0.25, -0.2) is 0 Å². The molecule has 4 nitrogen and oxygen atoms in total. The van der Waals surface area contributed by atoms with Crippen molar-refractivity contribution in [2.75, 3.05) is 0 Å². The highest BCUT2D eigenvalue weighted by atomic mass is 35.5. The van der Waals surface area contributed by atoms with Gasteiger partial charge in [0, 0.05) is 23.3 Å². The molecule has 5 rings (SSSR count). The predicted molar refractivity (Wildman–Crippen MR) is 99.3 cm³/mol. The first-order valence-corrected chi connectivity index (χ1v) is 8.87. The molecule has 0 atom stereocenters. The molecule has 0 N–H and O–H groups in total. The van der Waals surface area contributed by atoms with Crippen molar-refractivity contribution in [2.45, 2.75) is 12.7 Å². The molecule has 0 bridgehead atoms. The van der Waals surface area contributed by atoms with E-state index in [1.54, 1.807) is 22.8 Å². The number of rotatable bonds is 1. The van der Waals surface area contributed by atoms with Gasteiger partial charge in [0.1, 0.15) is 0 Å². The molecule has 0 unspecified atom stereocenters. The molecule has 1 aliphatic heterocycles. The van der Waals surface area contributed by atoms with Gasteiger partial charge in [-0.2, -0.15) is 13.2 Å². The quantitative estimate of drug-likeness (QED) is 0.376. The topological polar surface area (TPSA) is 35.6 Å². The highest BCUT2D eigenvalue weighted by molar-refractivity contribution is 6.30. The van der Waals surface area contributed by atoms with Crippen LogP contribution in [0.1, 0.15) is 11.1 Å². The van der Waals surface area contributed by atoms with Crippen LogP contribution in [0.5, 0.6) is 0 Å². The first kappa shape index (κ1) is 17.1. The van der Waals surface area contributed by atoms with Crippen LogP contribution in [0.25, 0.3) is 28.6 Å². The summed E-state index contributed by atoms with van der Waals surface area (Å²) in [5.41, 5.74) is 2.15. The van der Waals surface area contributed by atoms with E-state index in [1.807, 2.05) is 29.0 Å². The van der Waals surface area contributed by atoms with E-state index in [4.69, 9.17) is 11.6 Å². The summed E-state index contributed by atoms with van der Waals surface area (Å²) in [4.78, 5) is 0. The average Bonchev–Trinajstić information content (AvgIpc) is 3.27. The van der Waals surface area contributed by atoms with E-state index < -0.39 is 11.7 Å². The van der Waals surface area contributed by atoms with Crippen molar-refractivity contribution in [3.63, 3.8) is 0 Å². The fourth-order valence-electron chi connectivity index (χ4n) is 3.52. The number of fused-ring (bicyclic) bond motifs is 5. The Bertz CT molecular complexity index is 1210. The lowest BCUT2D eigenvalue weighted by molar-refractivity contribution is -0.137. The molecule has 0 aliphatic carbocycles. The van der Waals surface area contributed by atoms with Gasteiger partial charge in [0.2, 0.25) is 0 Å². The van der Waals surface area contributed by atoms with E-state index in [-0.39, 0.29) is 0 Å². The van der Waals surface area contributed by atoms with Crippen molar-refractivity contribution in [3.05, 3.63) is 76.9 Å². The second kappa shape index (κ2) is 5.97. The van der Waals surface area contributed by atoms with Crippen molar-refractivity contribution in [1.29, 1.82) is 0 Å². The minimum absolute atomic E-state index is 0.333. The highest BCUT2D eigenvalue weighted by Crippen LogP contribution is 2.37. The zero-order chi connectivity index (χ0) is 19.5. The summed E-state index contributed by atoms with van der Waals surface area (Å²) in [5.74, 6) is 0.887. The van der Waals surface area contributed by atoms with Crippen molar-refractivity contribution >= 4 is 11.6 Å². The van der Waals surface area contributed by atoms with Crippen LogP contribution in [-0.4, -0.2) is 19.3 Å². The smallest absolute Gasteiger partial charge is 0.340 e. The molecule has 0 amide bonds. The normalized spacial score (nSPS) is 12.9. The van der Waals surface area contributed by atoms with Gasteiger partial charge >= 0.3 is 6.18 Å². The molecule has 2 aromatic heterocycles. The fraction of sp³-hybridized carbons (Fsp3) is 0.100. The Morgan fingerprint density at radius 1 is 0.929 bits per heavy atom. The summed E-state index contributed by atoms with van der Waals surface area (Å²) >= 11 is 6.22. The molecule has 0 fully saturated rings. The van der Waals surface area contributed by atoms with Crippen molar-refractivity contribution in [3.8, 4) is 28.6 Å². The summed E-state index contributed by atoms with van der Waals surface area (Å²) in [7, 11) is 0. The minimum Gasteiger partial charge on any atom is -0.340 e. The van der Waals surface area contributed by atoms with E-state index in [0.29, 0.717) is 28.8 Å². The summed E-state index contributed by atoms with van der Waals surface area (Å²) in [5, 5.41) is 9.05. The van der Waals surface area contributed by atoms with Gasteiger partial charge in [-0.15, -0.1) is 10.2 Å². The Labute approximate surface area is 162 Å². The van der Waals surface area contributed by atoms with Crippen LogP contribution in [0, 0.1) is 0 Å². The van der Waals surface area contributed by atoms with Gasteiger partial charge in [-0.1, -0.05) is 29.8 Å². The summed E-state index contributed by atoms with van der Waals surface area (Å²) < 4.78 is 43.4. The third-order valence-electron chi connectivity index (χ3n) is 4.80. The second-order valence-corrected chi connectivity index (χ2v) is 6.99. The Hall–Kier alpha value is -3.06. The third-order valence-corrected chi connectivity index (χ3v) is 5.03. The van der Waals surface area contributed by atoms with Gasteiger partial charge in [-0.05, 0) is 42.0 Å². The van der Waals surface area contributed by atoms with E-state index in [2.05, 4.69) is 10.2 Å². The van der Waals surface area contributed by atoms with Crippen molar-refractivity contribution in [1.82, 2.24) is 19.3 Å². The average molecular weight is 401 g/mol. The first-order chi connectivity index (χ1) is 13.4. The zero-order valence-electron chi connectivity index (χ0n) is 14.3. The van der Waals surface area contributed by atoms with Crippen LogP contribution in [0.3, 0.4) is 0 Å². The van der Waals surface area contributed by atoms with E-state index in [9.17, 15) is 13.2 Å². The molecule has 0 spiro atoms. The van der Waals surface area contributed by atoms with E-state index in [0.717, 1.165) is 29.1 Å². The van der Waals surface area contributed by atoms with Crippen LogP contribution in [0.4, 0.5) is 13.2 Å². The molecule has 0 saturated heterocycles. The SMILES string of the molecule is FC(F)(F)c1cccc(-c2nnc3n2-c2cc(Cl)ccc2Cn2cccc2-3)c1. The van der Waals surface area contributed by atoms with Crippen LogP contribution in [0.15, 0.2) is 60.8 Å². The molecule has 4 aromatic rings. The monoisotopic (exact) mass is 400 g/mol. The first-order valence-electron chi connectivity index (χ1n) is 8.49. The summed E-state index contributed by atoms with van der Waals surface area (Å²) in [6.45, 7) is 0.597. The molecule has 140 valence electrons. The third kappa shape index (κ3) is 2.62. The number of hydrogen-bond acceptors (Lipinski definition) is 2. The Morgan fingerprint density at radius 2 is 1.75 bits per heavy atom. The molecule has 0 radical (unpaired) electrons. The van der Waals surface area contributed by atoms with Gasteiger partial charge in [-0.3, -0.25) is 4.57 Å². The minimum atomic E-state index is -4.44. The number of nitrogens with zero attached hydrogens (tertiary/aromatic N) is 4. The van der Waals surface area contributed by atoms with Crippen LogP contribution in [-0.2, 0) is 12.7 Å². The lowest BCUT2D eigenvalue weighted by Gasteiger charge is -2.13. The molecular formula is C20H12ClF3N4. The zero-order valence-corrected chi connectivity index (χ0v) is 15.0. The maximum absolute atomic E-state index is 13.2. The Balaban J connectivity index is 1.80. The lowest BCUT2D eigenvalue weighted by atomic mass is 10.1. The maximum atomic E-state index is 13.2. The Morgan fingerprint density at radius 3 is 2.57 bits per heavy atom. The molecule has 28 heavy (non-hydrogen) atoms. The van der Waals surface area contributed by atoms with Crippen LogP contribution >= 0.6 is 11.6 Å². The molecule has 3 heterocycles. The molecule has 1 aliphatic rings. The molecular weight excluding hydrogens is 389 g/mol. The molecule has 2 aromatic carbocycles. The van der Waals surface area contributed by atoms with Gasteiger partial charge in [0.15, 0.2) is 11.6 Å². The molecule has 8 heteroatoms. The van der Waals surface area contributed by atoms with E-state index >= 15 is 0 Å². The van der Waals surface area contributed by atoms with Crippen molar-refractivity contribution < 1.29 is 13.2 Å². The fourth-order valence-corrected chi connectivity index (χ4v) is 3.68. The van der Waals surface area contributed by atoms with Gasteiger partial charge in [0.25, 0.3) is 0 Å². The standard InChI is InChI=1S/C20H12ClF3N4/c21-15-7-6-13-11-27-8-2-5-16(27)19-26-25-18(28(19)17(13)10-15)12-3-1-4-14(9-12)20(22,23)24/h1-10H,11H2. The predicted octanol–water partition coefficient (Wildman–Crippen LogP) is 5.44. The second-order valence-electron chi connectivity index (χ2n) is 6.56. The number of halogens is 4. The van der Waals surface area contributed by atoms with E-state index in [1.165, 1.54) is 6.07 Å². The molecule has 0 saturated carbocycles. The van der Waals surface area contributed by atoms with Gasteiger partial charge in [0.05, 0.1) is 16.9 Å². The number of benzene rings is 2. The van der Waals surface area contributed by atoms with Crippen LogP contribution < -0.4 is 0 Å². The van der Waals surface area contributed by atoms with Crippen molar-refractivity contribution in [2.24, 2.45) is 0 Å². The van der Waals surface area contributed by atoms with Crippen LogP contribution in [0.2, 0.25) is 5.02 Å². The van der Waals surface area contributed by atoms with Gasteiger partial charge < -0.3 is 4.57 Å². The maximum Gasteiger partial charge on any atom is 0.416 e. The number of alkyl halides is 3. The number of hydrogen-bond donors (Lipinski definition) is 0. The number of aromatic nitrogens is 4. The lowest BCUT2D eigenvalue weighted by Crippen LogP contribution is -2.06. The highest BCUT2D eigenvalue weighted by Gasteiger charge is 2.31. The Kier molecular flexibility index (Phi) is 3.64.